The number of phenolic OH excluding ortho intramolecular Hbond substituents is 1. The molecule has 2 aromatic rings. The molecule has 0 spiro atoms. The first-order valence-electron chi connectivity index (χ1n) is 9.86. The first-order chi connectivity index (χ1) is 14.5. The highest BCUT2D eigenvalue weighted by Crippen LogP contribution is 2.24. The molecule has 2 aromatic carbocycles. The van der Waals surface area contributed by atoms with E-state index in [0.29, 0.717) is 35.4 Å². The molecule has 1 unspecified atom stereocenters. The number of hydrogen-bond acceptors (Lipinski definition) is 6. The fourth-order valence-corrected chi connectivity index (χ4v) is 3.94. The molecule has 0 aliphatic carbocycles. The molecule has 0 aromatic heterocycles. The number of nitrogens with zero attached hydrogens (tertiary/aromatic N) is 2. The van der Waals surface area contributed by atoms with Crippen molar-refractivity contribution in [3.63, 3.8) is 0 Å². The van der Waals surface area contributed by atoms with Crippen LogP contribution in [0.2, 0.25) is 0 Å². The maximum absolute atomic E-state index is 13.5. The molecule has 1 N–H and O–H groups in total. The lowest BCUT2D eigenvalue weighted by atomic mass is 10.0. The highest BCUT2D eigenvalue weighted by molar-refractivity contribution is 14.1. The van der Waals surface area contributed by atoms with Crippen LogP contribution in [0.5, 0.6) is 5.75 Å². The van der Waals surface area contributed by atoms with Gasteiger partial charge in [-0.05, 0) is 59.3 Å². The van der Waals surface area contributed by atoms with Crippen LogP contribution in [0.3, 0.4) is 0 Å². The number of aromatic hydroxyl groups is 1. The minimum Gasteiger partial charge on any atom is -0.507 e. The standard InChI is InChI=1S/C22H25IN2O5/c1-2-30-22(28)19(15-16-8-9-20(26)18(23)14-16)25(24-10-12-29-13-11-24)21(27)17-6-4-3-5-7-17/h3-9,14,19,26H,2,10-13,15H2,1H3. The zero-order chi connectivity index (χ0) is 21.5. The number of carbonyl (C=O) groups is 2. The second-order valence-corrected chi connectivity index (χ2v) is 8.00. The first kappa shape index (κ1) is 22.5. The Bertz CT molecular complexity index is 871. The predicted molar refractivity (Wildman–Crippen MR) is 120 cm³/mol. The van der Waals surface area contributed by atoms with Gasteiger partial charge in [-0.25, -0.2) is 9.80 Å². The summed E-state index contributed by atoms with van der Waals surface area (Å²) < 4.78 is 11.5. The van der Waals surface area contributed by atoms with Gasteiger partial charge in [0, 0.05) is 25.1 Å². The van der Waals surface area contributed by atoms with E-state index in [4.69, 9.17) is 9.47 Å². The predicted octanol–water partition coefficient (Wildman–Crippen LogP) is 2.86. The fourth-order valence-electron chi connectivity index (χ4n) is 3.36. The minimum atomic E-state index is -0.837. The Kier molecular flexibility index (Phi) is 8.06. The zero-order valence-electron chi connectivity index (χ0n) is 16.8. The molecule has 0 bridgehead atoms. The van der Waals surface area contributed by atoms with E-state index in [1.165, 1.54) is 5.01 Å². The normalized spacial score (nSPS) is 15.4. The minimum absolute atomic E-state index is 0.178. The van der Waals surface area contributed by atoms with Gasteiger partial charge in [-0.1, -0.05) is 24.3 Å². The third kappa shape index (κ3) is 5.50. The van der Waals surface area contributed by atoms with Crippen LogP contribution in [0.15, 0.2) is 48.5 Å². The molecule has 1 saturated heterocycles. The summed E-state index contributed by atoms with van der Waals surface area (Å²) in [5.74, 6) is -0.544. The van der Waals surface area contributed by atoms with Crippen molar-refractivity contribution in [3.05, 3.63) is 63.2 Å². The third-order valence-corrected chi connectivity index (χ3v) is 5.68. The van der Waals surface area contributed by atoms with Gasteiger partial charge < -0.3 is 14.6 Å². The van der Waals surface area contributed by atoms with Crippen LogP contribution in [0.25, 0.3) is 0 Å². The Balaban J connectivity index is 1.99. The quantitative estimate of drug-likeness (QED) is 0.444. The molecule has 160 valence electrons. The average molecular weight is 524 g/mol. The van der Waals surface area contributed by atoms with Crippen LogP contribution in [0, 0.1) is 3.57 Å². The van der Waals surface area contributed by atoms with E-state index in [0.717, 1.165) is 5.56 Å². The molecule has 0 saturated carbocycles. The molecule has 1 amide bonds. The van der Waals surface area contributed by atoms with E-state index in [-0.39, 0.29) is 24.7 Å². The molecule has 1 aliphatic rings. The summed E-state index contributed by atoms with van der Waals surface area (Å²) in [6.45, 7) is 3.93. The highest BCUT2D eigenvalue weighted by Gasteiger charge is 2.36. The zero-order valence-corrected chi connectivity index (χ0v) is 18.9. The summed E-state index contributed by atoms with van der Waals surface area (Å²) in [7, 11) is 0. The smallest absolute Gasteiger partial charge is 0.330 e. The number of hydrogen-bond donors (Lipinski definition) is 1. The Hall–Kier alpha value is -2.17. The van der Waals surface area contributed by atoms with Crippen molar-refractivity contribution in [3.8, 4) is 5.75 Å². The van der Waals surface area contributed by atoms with Gasteiger partial charge in [-0.2, -0.15) is 0 Å². The third-order valence-electron chi connectivity index (χ3n) is 4.82. The number of morpholine rings is 1. The lowest BCUT2D eigenvalue weighted by Crippen LogP contribution is -2.59. The van der Waals surface area contributed by atoms with Gasteiger partial charge >= 0.3 is 5.97 Å². The molecule has 1 aliphatic heterocycles. The monoisotopic (exact) mass is 524 g/mol. The van der Waals surface area contributed by atoms with Crippen LogP contribution in [-0.4, -0.2) is 66.0 Å². The van der Waals surface area contributed by atoms with Crippen molar-refractivity contribution in [2.45, 2.75) is 19.4 Å². The average Bonchev–Trinajstić information content (AvgIpc) is 2.77. The summed E-state index contributed by atoms with van der Waals surface area (Å²) in [4.78, 5) is 26.5. The Morgan fingerprint density at radius 3 is 2.53 bits per heavy atom. The highest BCUT2D eigenvalue weighted by atomic mass is 127. The van der Waals surface area contributed by atoms with Crippen molar-refractivity contribution in [2.75, 3.05) is 32.9 Å². The fraction of sp³-hybridized carbons (Fsp3) is 0.364. The largest absolute Gasteiger partial charge is 0.507 e. The first-order valence-corrected chi connectivity index (χ1v) is 10.9. The summed E-state index contributed by atoms with van der Waals surface area (Å²) >= 11 is 2.04. The number of hydrazine groups is 1. The van der Waals surface area contributed by atoms with Crippen LogP contribution in [0.4, 0.5) is 0 Å². The van der Waals surface area contributed by atoms with Crippen LogP contribution < -0.4 is 0 Å². The number of phenols is 1. The number of rotatable bonds is 7. The van der Waals surface area contributed by atoms with Crippen molar-refractivity contribution < 1.29 is 24.2 Å². The van der Waals surface area contributed by atoms with Crippen molar-refractivity contribution in [1.29, 1.82) is 0 Å². The molecular formula is C22H25IN2O5. The van der Waals surface area contributed by atoms with Gasteiger partial charge in [0.05, 0.1) is 23.4 Å². The molecule has 1 heterocycles. The summed E-state index contributed by atoms with van der Waals surface area (Å²) in [6.07, 6.45) is 0.269. The lowest BCUT2D eigenvalue weighted by Gasteiger charge is -2.41. The van der Waals surface area contributed by atoms with Gasteiger partial charge in [-0.3, -0.25) is 9.80 Å². The lowest BCUT2D eigenvalue weighted by molar-refractivity contribution is -0.159. The molecule has 3 rings (SSSR count). The molecule has 30 heavy (non-hydrogen) atoms. The van der Waals surface area contributed by atoms with Gasteiger partial charge in [0.15, 0.2) is 6.04 Å². The van der Waals surface area contributed by atoms with Crippen molar-refractivity contribution in [1.82, 2.24) is 10.0 Å². The second-order valence-electron chi connectivity index (χ2n) is 6.84. The maximum Gasteiger partial charge on any atom is 0.330 e. The number of ether oxygens (including phenoxy) is 2. The van der Waals surface area contributed by atoms with E-state index in [1.54, 1.807) is 43.3 Å². The van der Waals surface area contributed by atoms with Gasteiger partial charge in [0.2, 0.25) is 0 Å². The summed E-state index contributed by atoms with van der Waals surface area (Å²) in [6, 6.07) is 13.2. The second kappa shape index (κ2) is 10.7. The SMILES string of the molecule is CCOC(=O)C(Cc1ccc(O)c(I)c1)N(C(=O)c1ccccc1)N1CCOCC1. The Morgan fingerprint density at radius 1 is 1.20 bits per heavy atom. The summed E-state index contributed by atoms with van der Waals surface area (Å²) in [5, 5.41) is 13.2. The van der Waals surface area contributed by atoms with E-state index in [1.807, 2.05) is 39.7 Å². The number of carbonyl (C=O) groups excluding carboxylic acids is 2. The molecular weight excluding hydrogens is 499 g/mol. The number of amides is 1. The molecule has 0 radical (unpaired) electrons. The van der Waals surface area contributed by atoms with Crippen molar-refractivity contribution in [2.24, 2.45) is 0 Å². The maximum atomic E-state index is 13.5. The number of halogens is 1. The van der Waals surface area contributed by atoms with E-state index >= 15 is 0 Å². The van der Waals surface area contributed by atoms with Crippen molar-refractivity contribution >= 4 is 34.5 Å². The summed E-state index contributed by atoms with van der Waals surface area (Å²) in [5.41, 5.74) is 1.33. The molecule has 8 heteroatoms. The van der Waals surface area contributed by atoms with Crippen LogP contribution in [0.1, 0.15) is 22.8 Å². The van der Waals surface area contributed by atoms with E-state index in [9.17, 15) is 14.7 Å². The van der Waals surface area contributed by atoms with Gasteiger partial charge in [0.1, 0.15) is 5.75 Å². The van der Waals surface area contributed by atoms with Gasteiger partial charge in [-0.15, -0.1) is 0 Å². The van der Waals surface area contributed by atoms with E-state index in [2.05, 4.69) is 0 Å². The van der Waals surface area contributed by atoms with Gasteiger partial charge in [0.25, 0.3) is 5.91 Å². The number of esters is 1. The molecule has 1 atom stereocenters. The van der Waals surface area contributed by atoms with E-state index < -0.39 is 12.0 Å². The molecule has 7 nitrogen and oxygen atoms in total. The Morgan fingerprint density at radius 2 is 1.90 bits per heavy atom. The topological polar surface area (TPSA) is 79.3 Å². The molecule has 1 fully saturated rings. The number of benzene rings is 2. The van der Waals surface area contributed by atoms with Crippen LogP contribution in [-0.2, 0) is 20.7 Å². The Labute approximate surface area is 189 Å². The van der Waals surface area contributed by atoms with Crippen LogP contribution >= 0.6 is 22.6 Å².